The smallest absolute Gasteiger partial charge is 0.0458 e. The molecule has 0 fully saturated rings. The summed E-state index contributed by atoms with van der Waals surface area (Å²) in [5, 5.41) is 1.40. The van der Waals surface area contributed by atoms with E-state index in [-0.39, 0.29) is 12.4 Å². The molecule has 1 N–H and O–H groups in total. The molecular weight excluding hydrogens is 352 g/mol. The highest BCUT2D eigenvalue weighted by molar-refractivity contribution is 5.85. The maximum atomic E-state index is 3.52. The van der Waals surface area contributed by atoms with Crippen LogP contribution in [0.4, 0.5) is 0 Å². The average Bonchev–Trinajstić information content (AvgIpc) is 3.01. The molecule has 0 saturated heterocycles. The number of H-pyrrole nitrogens is 1. The van der Waals surface area contributed by atoms with Crippen LogP contribution < -0.4 is 0 Å². The molecule has 0 radical (unpaired) electrons. The van der Waals surface area contributed by atoms with Gasteiger partial charge in [0.15, 0.2) is 0 Å². The third-order valence-corrected chi connectivity index (χ3v) is 5.62. The van der Waals surface area contributed by atoms with Crippen molar-refractivity contribution < 1.29 is 0 Å². The first-order valence-corrected chi connectivity index (χ1v) is 9.84. The summed E-state index contributed by atoms with van der Waals surface area (Å²) in [7, 11) is 0. The second-order valence-electron chi connectivity index (χ2n) is 7.38. The quantitative estimate of drug-likeness (QED) is 0.519. The summed E-state index contributed by atoms with van der Waals surface area (Å²) in [4.78, 5) is 6.11. The Morgan fingerprint density at radius 2 is 1.74 bits per heavy atom. The van der Waals surface area contributed by atoms with E-state index in [0.717, 1.165) is 6.54 Å². The Balaban J connectivity index is 0.00000210. The molecule has 142 valence electrons. The highest BCUT2D eigenvalue weighted by atomic mass is 35.5. The van der Waals surface area contributed by atoms with Crippen LogP contribution in [-0.2, 0) is 6.42 Å². The van der Waals surface area contributed by atoms with Gasteiger partial charge in [0.1, 0.15) is 0 Å². The van der Waals surface area contributed by atoms with Crippen LogP contribution in [0.5, 0.6) is 0 Å². The zero-order valence-electron chi connectivity index (χ0n) is 16.1. The minimum Gasteiger partial charge on any atom is -0.358 e. The molecular formula is C24H29ClN2. The number of fused-ring (bicyclic) bond motifs is 1. The maximum absolute atomic E-state index is 3.52. The van der Waals surface area contributed by atoms with E-state index in [0.29, 0.717) is 0 Å². The predicted octanol–water partition coefficient (Wildman–Crippen LogP) is 6.01. The van der Waals surface area contributed by atoms with Crippen molar-refractivity contribution in [1.82, 2.24) is 9.88 Å². The lowest BCUT2D eigenvalue weighted by Gasteiger charge is -2.26. The van der Waals surface area contributed by atoms with Gasteiger partial charge in [-0.2, -0.15) is 0 Å². The van der Waals surface area contributed by atoms with Crippen LogP contribution in [0, 0.1) is 6.92 Å². The number of benzene rings is 2. The van der Waals surface area contributed by atoms with Crippen LogP contribution in [-0.4, -0.2) is 29.5 Å². The van der Waals surface area contributed by atoms with E-state index in [2.05, 4.69) is 77.5 Å². The lowest BCUT2D eigenvalue weighted by atomic mass is 9.99. The standard InChI is InChI=1S/C24H28N2.ClH/c1-19-22(23-12-5-6-13-24(23)25-19)11-7-8-16-26-17-14-21(15-18-26)20-9-3-2-4-10-20;/h2-6,9-10,12-14,25H,7-8,11,15-18H2,1H3;1H. The van der Waals surface area contributed by atoms with Crippen molar-refractivity contribution in [2.24, 2.45) is 0 Å². The van der Waals surface area contributed by atoms with Crippen molar-refractivity contribution in [3.63, 3.8) is 0 Å². The van der Waals surface area contributed by atoms with Gasteiger partial charge < -0.3 is 4.98 Å². The molecule has 3 heteroatoms. The molecule has 0 amide bonds. The highest BCUT2D eigenvalue weighted by Gasteiger charge is 2.13. The van der Waals surface area contributed by atoms with Gasteiger partial charge >= 0.3 is 0 Å². The lowest BCUT2D eigenvalue weighted by molar-refractivity contribution is 0.295. The summed E-state index contributed by atoms with van der Waals surface area (Å²) in [5.74, 6) is 0. The molecule has 0 aliphatic carbocycles. The van der Waals surface area contributed by atoms with Crippen molar-refractivity contribution in [2.75, 3.05) is 19.6 Å². The maximum Gasteiger partial charge on any atom is 0.0458 e. The summed E-state index contributed by atoms with van der Waals surface area (Å²) in [6.07, 6.45) is 7.30. The van der Waals surface area contributed by atoms with Crippen LogP contribution in [0.25, 0.3) is 16.5 Å². The topological polar surface area (TPSA) is 19.0 Å². The zero-order valence-corrected chi connectivity index (χ0v) is 16.9. The van der Waals surface area contributed by atoms with Crippen LogP contribution >= 0.6 is 12.4 Å². The lowest BCUT2D eigenvalue weighted by Crippen LogP contribution is -2.29. The van der Waals surface area contributed by atoms with Gasteiger partial charge in [0.2, 0.25) is 0 Å². The zero-order chi connectivity index (χ0) is 17.8. The first kappa shape index (κ1) is 19.7. The van der Waals surface area contributed by atoms with E-state index in [1.165, 1.54) is 72.1 Å². The van der Waals surface area contributed by atoms with Gasteiger partial charge in [0.05, 0.1) is 0 Å². The third kappa shape index (κ3) is 4.63. The summed E-state index contributed by atoms with van der Waals surface area (Å²) in [5.41, 5.74) is 7.01. The first-order chi connectivity index (χ1) is 12.8. The summed E-state index contributed by atoms with van der Waals surface area (Å²) in [6, 6.07) is 19.5. The normalized spacial score (nSPS) is 14.8. The highest BCUT2D eigenvalue weighted by Crippen LogP contribution is 2.24. The second kappa shape index (κ2) is 9.25. The number of nitrogens with one attached hydrogen (secondary N) is 1. The van der Waals surface area contributed by atoms with E-state index in [9.17, 15) is 0 Å². The van der Waals surface area contributed by atoms with Gasteiger partial charge in [-0.1, -0.05) is 54.6 Å². The van der Waals surface area contributed by atoms with Crippen LogP contribution in [0.1, 0.15) is 36.1 Å². The number of aromatic amines is 1. The van der Waals surface area contributed by atoms with Gasteiger partial charge in [-0.05, 0) is 61.9 Å². The molecule has 1 aliphatic rings. The molecule has 0 unspecified atom stereocenters. The van der Waals surface area contributed by atoms with Crippen molar-refractivity contribution >= 4 is 28.9 Å². The Kier molecular flexibility index (Phi) is 6.76. The second-order valence-corrected chi connectivity index (χ2v) is 7.38. The molecule has 1 aliphatic heterocycles. The third-order valence-electron chi connectivity index (χ3n) is 5.62. The minimum atomic E-state index is 0. The number of halogens is 1. The van der Waals surface area contributed by atoms with Crippen LogP contribution in [0.3, 0.4) is 0 Å². The first-order valence-electron chi connectivity index (χ1n) is 9.84. The molecule has 4 rings (SSSR count). The molecule has 0 bridgehead atoms. The number of unbranched alkanes of at least 4 members (excludes halogenated alkanes) is 1. The fraction of sp³-hybridized carbons (Fsp3) is 0.333. The Hall–Kier alpha value is -2.03. The number of nitrogens with zero attached hydrogens (tertiary/aromatic N) is 1. The summed E-state index contributed by atoms with van der Waals surface area (Å²) >= 11 is 0. The van der Waals surface area contributed by atoms with E-state index < -0.39 is 0 Å². The molecule has 0 atom stereocenters. The van der Waals surface area contributed by atoms with Gasteiger partial charge in [0.25, 0.3) is 0 Å². The Bertz CT molecular complexity index is 895. The fourth-order valence-electron chi connectivity index (χ4n) is 4.12. The monoisotopic (exact) mass is 380 g/mol. The van der Waals surface area contributed by atoms with Crippen molar-refractivity contribution in [3.05, 3.63) is 77.5 Å². The van der Waals surface area contributed by atoms with E-state index >= 15 is 0 Å². The van der Waals surface area contributed by atoms with E-state index in [1.807, 2.05) is 0 Å². The Morgan fingerprint density at radius 3 is 2.52 bits per heavy atom. The van der Waals surface area contributed by atoms with Crippen molar-refractivity contribution in [1.29, 1.82) is 0 Å². The number of hydrogen-bond donors (Lipinski definition) is 1. The summed E-state index contributed by atoms with van der Waals surface area (Å²) < 4.78 is 0. The molecule has 2 aromatic carbocycles. The SMILES string of the molecule is Cc1[nH]c2ccccc2c1CCCCN1CC=C(c2ccccc2)CC1.Cl. The van der Waals surface area contributed by atoms with E-state index in [1.54, 1.807) is 0 Å². The van der Waals surface area contributed by atoms with Crippen molar-refractivity contribution in [2.45, 2.75) is 32.6 Å². The fourth-order valence-corrected chi connectivity index (χ4v) is 4.12. The van der Waals surface area contributed by atoms with Gasteiger partial charge in [-0.25, -0.2) is 0 Å². The largest absolute Gasteiger partial charge is 0.358 e. The summed E-state index contributed by atoms with van der Waals surface area (Å²) in [6.45, 7) is 5.69. The minimum absolute atomic E-state index is 0. The number of rotatable bonds is 6. The number of aromatic nitrogens is 1. The number of hydrogen-bond acceptors (Lipinski definition) is 1. The van der Waals surface area contributed by atoms with Crippen LogP contribution in [0.15, 0.2) is 60.7 Å². The average molecular weight is 381 g/mol. The molecule has 3 aromatic rings. The molecule has 1 aromatic heterocycles. The molecule has 2 heterocycles. The number of para-hydroxylation sites is 1. The van der Waals surface area contributed by atoms with Gasteiger partial charge in [0, 0.05) is 29.7 Å². The Labute approximate surface area is 168 Å². The van der Waals surface area contributed by atoms with E-state index in [4.69, 9.17) is 0 Å². The van der Waals surface area contributed by atoms with Crippen LogP contribution in [0.2, 0.25) is 0 Å². The molecule has 0 spiro atoms. The van der Waals surface area contributed by atoms with Gasteiger partial charge in [-0.15, -0.1) is 12.4 Å². The predicted molar refractivity (Wildman–Crippen MR) is 119 cm³/mol. The molecule has 2 nitrogen and oxygen atoms in total. The van der Waals surface area contributed by atoms with Gasteiger partial charge in [-0.3, -0.25) is 4.90 Å². The Morgan fingerprint density at radius 1 is 0.963 bits per heavy atom. The molecule has 0 saturated carbocycles. The number of aryl methyl sites for hydroxylation is 2. The molecule has 27 heavy (non-hydrogen) atoms. The van der Waals surface area contributed by atoms with Crippen molar-refractivity contribution in [3.8, 4) is 0 Å².